The molecule has 4 N–H and O–H groups in total. The van der Waals surface area contributed by atoms with E-state index in [9.17, 15) is 18.6 Å². The molecule has 10 heteroatoms. The largest absolute Gasteiger partial charge is 0.391 e. The van der Waals surface area contributed by atoms with Crippen molar-refractivity contribution in [3.63, 3.8) is 0 Å². The van der Waals surface area contributed by atoms with Crippen molar-refractivity contribution in [3.05, 3.63) is 65.9 Å². The summed E-state index contributed by atoms with van der Waals surface area (Å²) in [5.74, 6) is -1.40. The average molecular weight is 641 g/mol. The average Bonchev–Trinajstić information content (AvgIpc) is 3.04. The lowest BCUT2D eigenvalue weighted by molar-refractivity contribution is -0.120. The van der Waals surface area contributed by atoms with E-state index in [2.05, 4.69) is 24.5 Å². The zero-order valence-corrected chi connectivity index (χ0v) is 27.9. The van der Waals surface area contributed by atoms with E-state index in [1.54, 1.807) is 59.5 Å². The summed E-state index contributed by atoms with van der Waals surface area (Å²) in [4.78, 5) is 39.9. The number of nitrogens with one attached hydrogen (secondary N) is 2. The molecular formula is C35H52N4O5S. The Morgan fingerprint density at radius 1 is 0.733 bits per heavy atom. The molecular weight excluding hydrogens is 588 g/mol. The molecule has 9 nitrogen and oxygen atoms in total. The maximum absolute atomic E-state index is 12.8. The Kier molecular flexibility index (Phi) is 19.0. The number of anilines is 1. The fraction of sp³-hybridized carbons (Fsp3) is 0.514. The topological polar surface area (TPSA) is 131 Å². The van der Waals surface area contributed by atoms with Crippen molar-refractivity contribution in [1.82, 2.24) is 10.6 Å². The van der Waals surface area contributed by atoms with E-state index in [0.29, 0.717) is 29.2 Å². The van der Waals surface area contributed by atoms with Crippen molar-refractivity contribution in [2.24, 2.45) is 5.73 Å². The molecule has 2 aromatic carbocycles. The van der Waals surface area contributed by atoms with Crippen LogP contribution in [0.2, 0.25) is 0 Å². The van der Waals surface area contributed by atoms with Gasteiger partial charge in [-0.25, -0.2) is 4.21 Å². The van der Waals surface area contributed by atoms with Crippen molar-refractivity contribution < 1.29 is 22.8 Å². The maximum atomic E-state index is 12.8. The van der Waals surface area contributed by atoms with Crippen LogP contribution >= 0.6 is 0 Å². The minimum absolute atomic E-state index is 0.0289. The molecule has 0 saturated carbocycles. The van der Waals surface area contributed by atoms with Crippen molar-refractivity contribution in [1.29, 1.82) is 0 Å². The molecule has 0 aliphatic heterocycles. The zero-order chi connectivity index (χ0) is 32.7. The second-order valence-electron chi connectivity index (χ2n) is 11.2. The van der Waals surface area contributed by atoms with Crippen LogP contribution in [0.1, 0.15) is 96.5 Å². The highest BCUT2D eigenvalue weighted by atomic mass is 32.2. The number of nitrogens with two attached hydrogens (primary N) is 1. The molecule has 2 rings (SSSR count). The van der Waals surface area contributed by atoms with Gasteiger partial charge in [0.1, 0.15) is 0 Å². The first-order valence-corrected chi connectivity index (χ1v) is 17.5. The predicted octanol–water partition coefficient (Wildman–Crippen LogP) is 6.01. The summed E-state index contributed by atoms with van der Waals surface area (Å²) in [6.07, 6.45) is 15.1. The van der Waals surface area contributed by atoms with Gasteiger partial charge in [0.15, 0.2) is 0 Å². The van der Waals surface area contributed by atoms with Crippen molar-refractivity contribution in [2.45, 2.75) is 95.8 Å². The molecule has 0 aliphatic rings. The second-order valence-corrected chi connectivity index (χ2v) is 12.3. The minimum Gasteiger partial charge on any atom is -0.391 e. The Hall–Kier alpha value is -3.66. The van der Waals surface area contributed by atoms with Gasteiger partial charge in [-0.3, -0.25) is 14.4 Å². The number of nitrogens with zero attached hydrogens (tertiary/aromatic N) is 1. The normalized spacial score (nSPS) is 11.9. The van der Waals surface area contributed by atoms with Crippen LogP contribution in [0.25, 0.3) is 6.08 Å². The van der Waals surface area contributed by atoms with Crippen molar-refractivity contribution in [3.8, 4) is 0 Å². The molecule has 45 heavy (non-hydrogen) atoms. The minimum atomic E-state index is -1.91. The molecule has 0 saturated heterocycles. The van der Waals surface area contributed by atoms with Crippen LogP contribution in [-0.2, 0) is 29.6 Å². The molecule has 0 aliphatic carbocycles. The Labute approximate surface area is 272 Å². The third-order valence-electron chi connectivity index (χ3n) is 7.27. The molecule has 1 unspecified atom stereocenters. The van der Waals surface area contributed by atoms with Crippen LogP contribution in [0, 0.1) is 0 Å². The quantitative estimate of drug-likeness (QED) is 0.0732. The number of benzene rings is 2. The lowest BCUT2D eigenvalue weighted by Gasteiger charge is -2.24. The molecule has 2 aromatic rings. The third kappa shape index (κ3) is 16.3. The Balaban J connectivity index is 2.05. The second kappa shape index (κ2) is 22.8. The standard InChI is InChI=1S/C35H52N4O5S/c1-3-5-7-9-11-16-24-37-33(40)27-39(28-34(41)38-25-17-12-10-8-6-4-2)30-22-20-29(21-23-30)26-32(35(36)42)44-45(43)31-18-14-13-15-19-31/h13-15,18-23,26H,3-12,16-17,24-25,27-28H2,1-2H3,(H2,36,42)(H,37,40)(H,38,41). The summed E-state index contributed by atoms with van der Waals surface area (Å²) in [6, 6.07) is 15.5. The van der Waals surface area contributed by atoms with Gasteiger partial charge in [-0.2, -0.15) is 0 Å². The van der Waals surface area contributed by atoms with E-state index in [4.69, 9.17) is 9.92 Å². The highest BCUT2D eigenvalue weighted by Gasteiger charge is 2.17. The maximum Gasteiger partial charge on any atom is 0.285 e. The van der Waals surface area contributed by atoms with Crippen LogP contribution in [0.3, 0.4) is 0 Å². The number of hydrogen-bond donors (Lipinski definition) is 3. The Morgan fingerprint density at radius 3 is 1.71 bits per heavy atom. The van der Waals surface area contributed by atoms with Crippen molar-refractivity contribution >= 4 is 40.6 Å². The van der Waals surface area contributed by atoms with Gasteiger partial charge >= 0.3 is 0 Å². The van der Waals surface area contributed by atoms with E-state index in [1.165, 1.54) is 57.4 Å². The van der Waals surface area contributed by atoms with Gasteiger partial charge in [0, 0.05) is 18.8 Å². The molecule has 0 fully saturated rings. The van der Waals surface area contributed by atoms with Gasteiger partial charge in [-0.05, 0) is 48.7 Å². The van der Waals surface area contributed by atoms with Gasteiger partial charge in [0.25, 0.3) is 5.91 Å². The van der Waals surface area contributed by atoms with Crippen LogP contribution in [0.15, 0.2) is 65.3 Å². The fourth-order valence-electron chi connectivity index (χ4n) is 4.69. The SMILES string of the molecule is CCCCCCCCNC(=O)CN(CC(=O)NCCCCCCCC)c1ccc(C=C(OS(=O)c2ccccc2)C(N)=O)cc1. The van der Waals surface area contributed by atoms with Crippen LogP contribution < -0.4 is 21.3 Å². The van der Waals surface area contributed by atoms with E-state index < -0.39 is 17.0 Å². The third-order valence-corrected chi connectivity index (χ3v) is 8.26. The first-order chi connectivity index (χ1) is 21.8. The molecule has 248 valence electrons. The van der Waals surface area contributed by atoms with Gasteiger partial charge < -0.3 is 25.5 Å². The number of unbranched alkanes of at least 4 members (excludes halogenated alkanes) is 10. The van der Waals surface area contributed by atoms with E-state index in [-0.39, 0.29) is 30.7 Å². The van der Waals surface area contributed by atoms with E-state index >= 15 is 0 Å². The van der Waals surface area contributed by atoms with Crippen LogP contribution in [0.5, 0.6) is 0 Å². The number of carbonyl (C=O) groups excluding carboxylic acids is 3. The van der Waals surface area contributed by atoms with Gasteiger partial charge in [-0.1, -0.05) is 108 Å². The number of rotatable bonds is 24. The van der Waals surface area contributed by atoms with Gasteiger partial charge in [-0.15, -0.1) is 0 Å². The lowest BCUT2D eigenvalue weighted by atomic mass is 10.1. The monoisotopic (exact) mass is 640 g/mol. The summed E-state index contributed by atoms with van der Waals surface area (Å²) in [6.45, 7) is 5.64. The molecule has 0 spiro atoms. The van der Waals surface area contributed by atoms with Crippen LogP contribution in [0.4, 0.5) is 5.69 Å². The summed E-state index contributed by atoms with van der Waals surface area (Å²) >= 11 is -1.91. The smallest absolute Gasteiger partial charge is 0.285 e. The molecule has 3 amide bonds. The lowest BCUT2D eigenvalue weighted by Crippen LogP contribution is -2.43. The van der Waals surface area contributed by atoms with E-state index in [0.717, 1.165) is 25.7 Å². The fourth-order valence-corrected chi connectivity index (χ4v) is 5.46. The van der Waals surface area contributed by atoms with Crippen LogP contribution in [-0.4, -0.2) is 48.1 Å². The van der Waals surface area contributed by atoms with Gasteiger partial charge in [0.2, 0.25) is 28.7 Å². The predicted molar refractivity (Wildman–Crippen MR) is 183 cm³/mol. The highest BCUT2D eigenvalue weighted by molar-refractivity contribution is 7.80. The number of amides is 3. The first-order valence-electron chi connectivity index (χ1n) is 16.4. The summed E-state index contributed by atoms with van der Waals surface area (Å²) < 4.78 is 17.9. The molecule has 1 atom stereocenters. The summed E-state index contributed by atoms with van der Waals surface area (Å²) in [7, 11) is 0. The zero-order valence-electron chi connectivity index (χ0n) is 27.1. The van der Waals surface area contributed by atoms with Crippen molar-refractivity contribution in [2.75, 3.05) is 31.1 Å². The highest BCUT2D eigenvalue weighted by Crippen LogP contribution is 2.19. The first kappa shape index (κ1) is 37.5. The number of carbonyl (C=O) groups is 3. The molecule has 0 bridgehead atoms. The Morgan fingerprint density at radius 2 is 1.22 bits per heavy atom. The summed E-state index contributed by atoms with van der Waals surface area (Å²) in [5.41, 5.74) is 6.75. The summed E-state index contributed by atoms with van der Waals surface area (Å²) in [5, 5.41) is 5.97. The molecule has 0 radical (unpaired) electrons. The van der Waals surface area contributed by atoms with E-state index in [1.807, 2.05) is 0 Å². The Bertz CT molecular complexity index is 1170. The molecule has 0 heterocycles. The molecule has 0 aromatic heterocycles. The number of primary amides is 1. The van der Waals surface area contributed by atoms with Gasteiger partial charge in [0.05, 0.1) is 18.0 Å². The number of hydrogen-bond acceptors (Lipinski definition) is 6.